The van der Waals surface area contributed by atoms with Gasteiger partial charge in [-0.3, -0.25) is 5.01 Å². The fourth-order valence-electron chi connectivity index (χ4n) is 3.34. The van der Waals surface area contributed by atoms with Gasteiger partial charge in [0.05, 0.1) is 16.8 Å². The first-order valence-electron chi connectivity index (χ1n) is 8.54. The van der Waals surface area contributed by atoms with E-state index < -0.39 is 0 Å². The van der Waals surface area contributed by atoms with Crippen LogP contribution in [0.2, 0.25) is 0 Å². The molecule has 6 nitrogen and oxygen atoms in total. The fraction of sp³-hybridized carbons (Fsp3) is 0.389. The van der Waals surface area contributed by atoms with E-state index in [0.29, 0.717) is 0 Å². The predicted octanol–water partition coefficient (Wildman–Crippen LogP) is 1.91. The van der Waals surface area contributed by atoms with Crippen LogP contribution in [0.5, 0.6) is 0 Å². The number of rotatable bonds is 3. The number of hydrogen-bond donors (Lipinski definition) is 1. The third-order valence-corrected chi connectivity index (χ3v) is 4.62. The first-order valence-corrected chi connectivity index (χ1v) is 8.54. The van der Waals surface area contributed by atoms with Gasteiger partial charge in [0.1, 0.15) is 6.33 Å². The summed E-state index contributed by atoms with van der Waals surface area (Å²) in [4.78, 5) is 11.2. The van der Waals surface area contributed by atoms with Gasteiger partial charge in [0, 0.05) is 31.7 Å². The van der Waals surface area contributed by atoms with Crippen molar-refractivity contribution in [3.63, 3.8) is 0 Å². The van der Waals surface area contributed by atoms with Crippen molar-refractivity contribution in [2.24, 2.45) is 0 Å². The molecule has 0 saturated carbocycles. The number of aryl methyl sites for hydroxylation is 2. The van der Waals surface area contributed by atoms with Gasteiger partial charge in [0.2, 0.25) is 0 Å². The second-order valence-corrected chi connectivity index (χ2v) is 6.13. The Morgan fingerprint density at radius 1 is 1.12 bits per heavy atom. The van der Waals surface area contributed by atoms with Crippen LogP contribution >= 0.6 is 0 Å². The minimum absolute atomic E-state index is 0.863. The monoisotopic (exact) mass is 322 g/mol. The van der Waals surface area contributed by atoms with Crippen LogP contribution in [0.25, 0.3) is 22.3 Å². The third-order valence-electron chi connectivity index (χ3n) is 4.62. The third kappa shape index (κ3) is 2.43. The molecule has 124 valence electrons. The second kappa shape index (κ2) is 6.20. The van der Waals surface area contributed by atoms with E-state index in [4.69, 9.17) is 5.10 Å². The van der Waals surface area contributed by atoms with Crippen LogP contribution in [0.3, 0.4) is 0 Å². The first-order chi connectivity index (χ1) is 11.8. The van der Waals surface area contributed by atoms with Crippen molar-refractivity contribution < 1.29 is 0 Å². The van der Waals surface area contributed by atoms with E-state index in [0.717, 1.165) is 60.6 Å². The van der Waals surface area contributed by atoms with Crippen LogP contribution in [0, 0.1) is 6.92 Å². The molecule has 1 saturated heterocycles. The largest absolute Gasteiger partial charge is 0.313 e. The lowest BCUT2D eigenvalue weighted by Crippen LogP contribution is -2.49. The zero-order valence-electron chi connectivity index (χ0n) is 14.2. The van der Waals surface area contributed by atoms with Gasteiger partial charge in [0.15, 0.2) is 5.65 Å². The number of fused-ring (bicyclic) bond motifs is 1. The summed E-state index contributed by atoms with van der Waals surface area (Å²) in [7, 11) is 0. The van der Waals surface area contributed by atoms with Gasteiger partial charge in [-0.25, -0.2) is 9.97 Å². The molecule has 0 aliphatic carbocycles. The second-order valence-electron chi connectivity index (χ2n) is 6.13. The number of benzene rings is 1. The summed E-state index contributed by atoms with van der Waals surface area (Å²) in [6.45, 7) is 8.07. The molecule has 4 rings (SSSR count). The highest BCUT2D eigenvalue weighted by Gasteiger charge is 2.21. The van der Waals surface area contributed by atoms with Crippen molar-refractivity contribution in [3.8, 4) is 11.3 Å². The number of nitrogens with one attached hydrogen (secondary N) is 1. The zero-order chi connectivity index (χ0) is 16.5. The number of hydrogen-bond acceptors (Lipinski definition) is 5. The molecule has 1 N–H and O–H groups in total. The molecule has 0 amide bonds. The van der Waals surface area contributed by atoms with Gasteiger partial charge in [-0.2, -0.15) is 9.89 Å². The van der Waals surface area contributed by atoms with Crippen LogP contribution < -0.4 is 10.3 Å². The maximum absolute atomic E-state index is 4.86. The van der Waals surface area contributed by atoms with E-state index in [9.17, 15) is 0 Å². The molecule has 0 radical (unpaired) electrons. The van der Waals surface area contributed by atoms with Gasteiger partial charge in [0.25, 0.3) is 0 Å². The molecule has 3 heterocycles. The van der Waals surface area contributed by atoms with E-state index in [-0.39, 0.29) is 0 Å². The fourth-order valence-corrected chi connectivity index (χ4v) is 3.34. The van der Waals surface area contributed by atoms with Gasteiger partial charge in [-0.1, -0.05) is 31.2 Å². The molecule has 24 heavy (non-hydrogen) atoms. The van der Waals surface area contributed by atoms with Crippen LogP contribution in [0.1, 0.15) is 18.2 Å². The molecule has 1 fully saturated rings. The molecule has 2 aromatic heterocycles. The van der Waals surface area contributed by atoms with Crippen molar-refractivity contribution in [1.29, 1.82) is 0 Å². The maximum Gasteiger partial charge on any atom is 0.184 e. The minimum Gasteiger partial charge on any atom is -0.313 e. The van der Waals surface area contributed by atoms with Crippen molar-refractivity contribution >= 4 is 11.0 Å². The van der Waals surface area contributed by atoms with Crippen LogP contribution in [0.15, 0.2) is 30.6 Å². The number of nitrogens with zero attached hydrogens (tertiary/aromatic N) is 5. The highest BCUT2D eigenvalue weighted by molar-refractivity contribution is 5.93. The summed E-state index contributed by atoms with van der Waals surface area (Å²) in [5.74, 6) is 0. The molecule has 1 aliphatic heterocycles. The highest BCUT2D eigenvalue weighted by atomic mass is 15.7. The molecule has 1 aliphatic rings. The quantitative estimate of drug-likeness (QED) is 0.798. The molecule has 0 unspecified atom stereocenters. The Hall–Kier alpha value is -2.47. The standard InChI is InChI=1S/C18H22N6/c1-3-15-16-17(14-7-5-4-6-13(14)2)20-12-21-18(16)24(22-15)23-10-8-19-9-11-23/h4-7,12,19H,3,8-11H2,1-2H3. The molecule has 0 atom stereocenters. The van der Waals surface area contributed by atoms with Crippen molar-refractivity contribution in [1.82, 2.24) is 25.2 Å². The van der Waals surface area contributed by atoms with Crippen molar-refractivity contribution in [2.45, 2.75) is 20.3 Å². The van der Waals surface area contributed by atoms with Crippen LogP contribution in [-0.2, 0) is 6.42 Å². The van der Waals surface area contributed by atoms with Crippen molar-refractivity contribution in [2.75, 3.05) is 31.2 Å². The Labute approximate surface area is 141 Å². The van der Waals surface area contributed by atoms with Gasteiger partial charge < -0.3 is 5.32 Å². The molecule has 0 bridgehead atoms. The van der Waals surface area contributed by atoms with Gasteiger partial charge in [-0.05, 0) is 18.9 Å². The molecule has 0 spiro atoms. The van der Waals surface area contributed by atoms with Crippen LogP contribution in [-0.4, -0.2) is 46.0 Å². The van der Waals surface area contributed by atoms with E-state index in [1.807, 2.05) is 4.79 Å². The van der Waals surface area contributed by atoms with E-state index in [2.05, 4.69) is 58.4 Å². The first kappa shape index (κ1) is 15.1. The molecular weight excluding hydrogens is 300 g/mol. The Balaban J connectivity index is 1.93. The SMILES string of the molecule is CCc1nn(N2CCNCC2)c2ncnc(-c3ccccc3C)c12. The lowest BCUT2D eigenvalue weighted by Gasteiger charge is -2.29. The average molecular weight is 322 g/mol. The zero-order valence-corrected chi connectivity index (χ0v) is 14.2. The van der Waals surface area contributed by atoms with E-state index in [1.54, 1.807) is 6.33 Å². The summed E-state index contributed by atoms with van der Waals surface area (Å²) in [6.07, 6.45) is 2.52. The maximum atomic E-state index is 4.86. The number of aromatic nitrogens is 4. The summed E-state index contributed by atoms with van der Waals surface area (Å²) in [6, 6.07) is 8.36. The normalized spacial score (nSPS) is 15.2. The van der Waals surface area contributed by atoms with Gasteiger partial charge in [-0.15, -0.1) is 0 Å². The summed E-state index contributed by atoms with van der Waals surface area (Å²) < 4.78 is 0. The van der Waals surface area contributed by atoms with E-state index in [1.165, 1.54) is 5.56 Å². The average Bonchev–Trinajstić information content (AvgIpc) is 3.02. The Morgan fingerprint density at radius 2 is 1.92 bits per heavy atom. The summed E-state index contributed by atoms with van der Waals surface area (Å²) >= 11 is 0. The van der Waals surface area contributed by atoms with Gasteiger partial charge >= 0.3 is 0 Å². The summed E-state index contributed by atoms with van der Waals surface area (Å²) in [5, 5.41) is 11.6. The highest BCUT2D eigenvalue weighted by Crippen LogP contribution is 2.30. The Bertz CT molecular complexity index is 863. The summed E-state index contributed by atoms with van der Waals surface area (Å²) in [5.41, 5.74) is 5.31. The minimum atomic E-state index is 0.863. The topological polar surface area (TPSA) is 58.9 Å². The van der Waals surface area contributed by atoms with Crippen LogP contribution in [0.4, 0.5) is 0 Å². The molecule has 3 aromatic rings. The van der Waals surface area contributed by atoms with E-state index >= 15 is 0 Å². The Kier molecular flexibility index (Phi) is 3.90. The lowest BCUT2D eigenvalue weighted by atomic mass is 10.0. The molecular formula is C18H22N6. The van der Waals surface area contributed by atoms with Crippen molar-refractivity contribution in [3.05, 3.63) is 41.9 Å². The molecule has 6 heteroatoms. The lowest BCUT2D eigenvalue weighted by molar-refractivity contribution is 0.465. The Morgan fingerprint density at radius 3 is 2.67 bits per heavy atom. The predicted molar refractivity (Wildman–Crippen MR) is 95.7 cm³/mol. The molecule has 1 aromatic carbocycles. The smallest absolute Gasteiger partial charge is 0.184 e. The number of piperazine rings is 1.